The quantitative estimate of drug-likeness (QED) is 0.285. The highest BCUT2D eigenvalue weighted by Crippen LogP contribution is 2.34. The van der Waals surface area contributed by atoms with Gasteiger partial charge in [-0.05, 0) is 51.1 Å². The van der Waals surface area contributed by atoms with Gasteiger partial charge in [0.25, 0.3) is 0 Å². The Kier molecular flexibility index (Phi) is 8.07. The van der Waals surface area contributed by atoms with Crippen LogP contribution >= 0.6 is 0 Å². The molecular formula is C23H27N3O8. The number of carbonyl (C=O) groups excluding carboxylic acids is 1. The highest BCUT2D eigenvalue weighted by Gasteiger charge is 2.29. The zero-order chi connectivity index (χ0) is 25.6. The van der Waals surface area contributed by atoms with Crippen molar-refractivity contribution >= 4 is 29.6 Å². The Morgan fingerprint density at radius 2 is 1.62 bits per heavy atom. The number of carbonyl (C=O) groups is 3. The topological polar surface area (TPSA) is 167 Å². The van der Waals surface area contributed by atoms with E-state index in [0.29, 0.717) is 11.3 Å². The Hall–Kier alpha value is -4.28. The van der Waals surface area contributed by atoms with Crippen molar-refractivity contribution in [3.8, 4) is 11.5 Å². The summed E-state index contributed by atoms with van der Waals surface area (Å²) in [4.78, 5) is 35.8. The van der Waals surface area contributed by atoms with E-state index in [0.717, 1.165) is 0 Å². The van der Waals surface area contributed by atoms with Crippen molar-refractivity contribution in [2.24, 2.45) is 0 Å². The molecule has 0 saturated heterocycles. The number of anilines is 1. The van der Waals surface area contributed by atoms with E-state index in [1.165, 1.54) is 50.6 Å². The third kappa shape index (κ3) is 6.61. The van der Waals surface area contributed by atoms with Gasteiger partial charge in [-0.25, -0.2) is 14.4 Å². The zero-order valence-corrected chi connectivity index (χ0v) is 19.4. The van der Waals surface area contributed by atoms with Crippen LogP contribution in [0, 0.1) is 5.41 Å². The number of nitrogens with one attached hydrogen (secondary N) is 3. The molecule has 11 heteroatoms. The number of benzene rings is 2. The number of amides is 1. The van der Waals surface area contributed by atoms with Crippen LogP contribution in [0.5, 0.6) is 11.5 Å². The molecule has 0 aliphatic carbocycles. The van der Waals surface area contributed by atoms with Crippen LogP contribution in [0.4, 0.5) is 10.5 Å². The molecule has 34 heavy (non-hydrogen) atoms. The molecule has 0 aliphatic rings. The summed E-state index contributed by atoms with van der Waals surface area (Å²) >= 11 is 0. The Labute approximate surface area is 196 Å². The summed E-state index contributed by atoms with van der Waals surface area (Å²) in [5.41, 5.74) is -0.429. The van der Waals surface area contributed by atoms with Gasteiger partial charge in [-0.2, -0.15) is 0 Å². The first-order valence-electron chi connectivity index (χ1n) is 10.0. The first kappa shape index (κ1) is 26.0. The van der Waals surface area contributed by atoms with Gasteiger partial charge in [0.2, 0.25) is 0 Å². The summed E-state index contributed by atoms with van der Waals surface area (Å²) in [6.07, 6.45) is -0.779. The molecule has 0 fully saturated rings. The maximum atomic E-state index is 12.1. The normalized spacial score (nSPS) is 11.7. The first-order chi connectivity index (χ1) is 15.9. The summed E-state index contributed by atoms with van der Waals surface area (Å²) in [6, 6.07) is 7.18. The van der Waals surface area contributed by atoms with Crippen LogP contribution in [0.1, 0.15) is 48.3 Å². The van der Waals surface area contributed by atoms with E-state index >= 15 is 0 Å². The molecule has 0 radical (unpaired) electrons. The van der Waals surface area contributed by atoms with Crippen molar-refractivity contribution in [2.75, 3.05) is 19.5 Å². The predicted octanol–water partition coefficient (Wildman–Crippen LogP) is 3.49. The average molecular weight is 473 g/mol. The minimum absolute atomic E-state index is 0.0492. The molecule has 0 bridgehead atoms. The fraction of sp³-hybridized carbons (Fsp3) is 0.304. The van der Waals surface area contributed by atoms with E-state index in [2.05, 4.69) is 10.6 Å². The van der Waals surface area contributed by atoms with Crippen LogP contribution < -0.4 is 20.1 Å². The van der Waals surface area contributed by atoms with Crippen molar-refractivity contribution < 1.29 is 38.8 Å². The fourth-order valence-electron chi connectivity index (χ4n) is 3.00. The zero-order valence-electron chi connectivity index (χ0n) is 19.4. The number of alkyl carbamates (subject to hydrolysis) is 1. The van der Waals surface area contributed by atoms with E-state index in [4.69, 9.17) is 19.6 Å². The second-order valence-electron chi connectivity index (χ2n) is 8.09. The summed E-state index contributed by atoms with van der Waals surface area (Å²) < 4.78 is 15.4. The number of carboxylic acid groups (broad SMARTS) is 2. The maximum Gasteiger partial charge on any atom is 0.413 e. The number of amidine groups is 1. The van der Waals surface area contributed by atoms with Crippen LogP contribution in [0.3, 0.4) is 0 Å². The van der Waals surface area contributed by atoms with Gasteiger partial charge in [-0.15, -0.1) is 0 Å². The van der Waals surface area contributed by atoms with Gasteiger partial charge < -0.3 is 29.7 Å². The Balaban J connectivity index is 2.31. The van der Waals surface area contributed by atoms with Crippen LogP contribution in [0.2, 0.25) is 0 Å². The molecule has 11 nitrogen and oxygen atoms in total. The van der Waals surface area contributed by atoms with E-state index < -0.39 is 29.7 Å². The van der Waals surface area contributed by atoms with Crippen molar-refractivity contribution in [2.45, 2.75) is 32.4 Å². The van der Waals surface area contributed by atoms with E-state index in [1.807, 2.05) is 0 Å². The number of rotatable bonds is 8. The standard InChI is InChI=1S/C23H27N3O8/c1-23(2,3)34-22(31)26-19(24)12-6-8-13(9-7-12)25-18(21(29)30)15-10-14(32-4)11-16(33-5)17(15)20(27)28/h6-11,18,25H,1-5H3,(H,27,28)(H,29,30)(H2,24,26,31). The maximum absolute atomic E-state index is 12.1. The summed E-state index contributed by atoms with van der Waals surface area (Å²) in [7, 11) is 2.63. The molecule has 5 N–H and O–H groups in total. The van der Waals surface area contributed by atoms with Crippen LogP contribution in [0.25, 0.3) is 0 Å². The Morgan fingerprint density at radius 3 is 2.09 bits per heavy atom. The largest absolute Gasteiger partial charge is 0.497 e. The highest BCUT2D eigenvalue weighted by atomic mass is 16.6. The average Bonchev–Trinajstić information content (AvgIpc) is 2.75. The van der Waals surface area contributed by atoms with Gasteiger partial charge in [-0.3, -0.25) is 10.7 Å². The van der Waals surface area contributed by atoms with Gasteiger partial charge in [-0.1, -0.05) is 0 Å². The van der Waals surface area contributed by atoms with Crippen LogP contribution in [0.15, 0.2) is 36.4 Å². The van der Waals surface area contributed by atoms with Crippen molar-refractivity contribution in [1.82, 2.24) is 5.32 Å². The van der Waals surface area contributed by atoms with E-state index in [9.17, 15) is 24.6 Å². The van der Waals surface area contributed by atoms with Gasteiger partial charge in [0.1, 0.15) is 28.5 Å². The Morgan fingerprint density at radius 1 is 1.00 bits per heavy atom. The third-order valence-corrected chi connectivity index (χ3v) is 4.44. The number of aliphatic carboxylic acids is 1. The second kappa shape index (κ2) is 10.6. The van der Waals surface area contributed by atoms with Crippen LogP contribution in [-0.4, -0.2) is 53.9 Å². The molecule has 2 aromatic rings. The number of carboxylic acids is 2. The molecule has 1 unspecified atom stereocenters. The van der Waals surface area contributed by atoms with E-state index in [-0.39, 0.29) is 28.5 Å². The second-order valence-corrected chi connectivity index (χ2v) is 8.09. The summed E-state index contributed by atoms with van der Waals surface area (Å²) in [5, 5.41) is 32.6. The van der Waals surface area contributed by atoms with Crippen molar-refractivity contribution in [1.29, 1.82) is 5.41 Å². The molecule has 1 atom stereocenters. The molecule has 0 aliphatic heterocycles. The summed E-state index contributed by atoms with van der Waals surface area (Å²) in [5.74, 6) is -2.73. The molecule has 0 spiro atoms. The lowest BCUT2D eigenvalue weighted by Crippen LogP contribution is -2.36. The minimum atomic E-state index is -1.46. The lowest BCUT2D eigenvalue weighted by molar-refractivity contribution is -0.138. The number of hydrogen-bond donors (Lipinski definition) is 5. The Bertz CT molecular complexity index is 1090. The van der Waals surface area contributed by atoms with Gasteiger partial charge in [0.05, 0.1) is 14.2 Å². The third-order valence-electron chi connectivity index (χ3n) is 4.44. The molecule has 2 rings (SSSR count). The fourth-order valence-corrected chi connectivity index (χ4v) is 3.00. The molecule has 182 valence electrons. The molecule has 1 amide bonds. The molecule has 2 aromatic carbocycles. The van der Waals surface area contributed by atoms with Gasteiger partial charge in [0, 0.05) is 22.9 Å². The van der Waals surface area contributed by atoms with E-state index in [1.54, 1.807) is 20.8 Å². The monoisotopic (exact) mass is 473 g/mol. The summed E-state index contributed by atoms with van der Waals surface area (Å²) in [6.45, 7) is 5.09. The predicted molar refractivity (Wildman–Crippen MR) is 123 cm³/mol. The van der Waals surface area contributed by atoms with Crippen LogP contribution in [-0.2, 0) is 9.53 Å². The first-order valence-corrected chi connectivity index (χ1v) is 10.0. The smallest absolute Gasteiger partial charge is 0.413 e. The lowest BCUT2D eigenvalue weighted by atomic mass is 9.98. The van der Waals surface area contributed by atoms with Crippen molar-refractivity contribution in [3.05, 3.63) is 53.1 Å². The minimum Gasteiger partial charge on any atom is -0.497 e. The lowest BCUT2D eigenvalue weighted by Gasteiger charge is -2.21. The SMILES string of the molecule is COc1cc(OC)c(C(=O)O)c(C(Nc2ccc(C(=N)NC(=O)OC(C)(C)C)cc2)C(=O)O)c1. The van der Waals surface area contributed by atoms with Gasteiger partial charge >= 0.3 is 18.0 Å². The number of aromatic carboxylic acids is 1. The number of methoxy groups -OCH3 is 2. The number of hydrogen-bond acceptors (Lipinski definition) is 8. The van der Waals surface area contributed by atoms with Crippen molar-refractivity contribution in [3.63, 3.8) is 0 Å². The van der Waals surface area contributed by atoms with Gasteiger partial charge in [0.15, 0.2) is 6.04 Å². The molecule has 0 saturated carbocycles. The number of ether oxygens (including phenoxy) is 3. The molecule has 0 aromatic heterocycles. The molecular weight excluding hydrogens is 446 g/mol. The highest BCUT2D eigenvalue weighted by molar-refractivity contribution is 6.04. The molecule has 0 heterocycles.